The highest BCUT2D eigenvalue weighted by Gasteiger charge is 2.13. The van der Waals surface area contributed by atoms with Gasteiger partial charge in [-0.1, -0.05) is 29.8 Å². The van der Waals surface area contributed by atoms with Crippen LogP contribution in [-0.2, 0) is 13.2 Å². The molecule has 0 aliphatic heterocycles. The molecule has 3 aromatic carbocycles. The smallest absolute Gasteiger partial charge is 0.180 e. The summed E-state index contributed by atoms with van der Waals surface area (Å²) in [6.07, 6.45) is 0. The van der Waals surface area contributed by atoms with E-state index in [4.69, 9.17) is 21.1 Å². The first kappa shape index (κ1) is 19.0. The summed E-state index contributed by atoms with van der Waals surface area (Å²) in [4.78, 5) is 0. The molecule has 0 aromatic heterocycles. The van der Waals surface area contributed by atoms with Gasteiger partial charge in [-0.2, -0.15) is 0 Å². The molecule has 0 fully saturated rings. The van der Waals surface area contributed by atoms with E-state index in [9.17, 15) is 8.78 Å². The fourth-order valence-corrected chi connectivity index (χ4v) is 2.84. The number of ether oxygens (including phenoxy) is 2. The van der Waals surface area contributed by atoms with Crippen molar-refractivity contribution < 1.29 is 18.3 Å². The van der Waals surface area contributed by atoms with Gasteiger partial charge in [-0.25, -0.2) is 8.78 Å². The quantitative estimate of drug-likeness (QED) is 0.552. The molecule has 0 aliphatic carbocycles. The lowest BCUT2D eigenvalue weighted by atomic mass is 10.2. The van der Waals surface area contributed by atoms with E-state index in [1.165, 1.54) is 25.3 Å². The molecule has 1 N–H and O–H groups in total. The molecule has 27 heavy (non-hydrogen) atoms. The highest BCUT2D eigenvalue weighted by atomic mass is 35.5. The number of benzene rings is 3. The van der Waals surface area contributed by atoms with Crippen LogP contribution in [0.4, 0.5) is 14.5 Å². The Morgan fingerprint density at radius 2 is 1.74 bits per heavy atom. The van der Waals surface area contributed by atoms with Gasteiger partial charge in [0.25, 0.3) is 0 Å². The Morgan fingerprint density at radius 3 is 2.44 bits per heavy atom. The molecule has 0 saturated carbocycles. The summed E-state index contributed by atoms with van der Waals surface area (Å²) < 4.78 is 37.8. The van der Waals surface area contributed by atoms with Crippen LogP contribution in [-0.4, -0.2) is 7.11 Å². The predicted molar refractivity (Wildman–Crippen MR) is 102 cm³/mol. The Hall–Kier alpha value is -2.79. The molecule has 6 heteroatoms. The lowest BCUT2D eigenvalue weighted by Crippen LogP contribution is -2.03. The molecule has 0 spiro atoms. The summed E-state index contributed by atoms with van der Waals surface area (Å²) in [5.74, 6) is 0.178. The molecule has 3 rings (SSSR count). The van der Waals surface area contributed by atoms with E-state index in [1.807, 2.05) is 0 Å². The van der Waals surface area contributed by atoms with Crippen molar-refractivity contribution in [3.05, 3.63) is 88.4 Å². The average Bonchev–Trinajstić information content (AvgIpc) is 2.67. The van der Waals surface area contributed by atoms with Crippen molar-refractivity contribution in [1.29, 1.82) is 0 Å². The van der Waals surface area contributed by atoms with Crippen LogP contribution < -0.4 is 14.8 Å². The summed E-state index contributed by atoms with van der Waals surface area (Å²) in [6, 6.07) is 16.0. The van der Waals surface area contributed by atoms with Gasteiger partial charge in [-0.3, -0.25) is 0 Å². The number of nitrogens with one attached hydrogen (secondary N) is 1. The number of methoxy groups -OCH3 is 1. The van der Waals surface area contributed by atoms with Crippen molar-refractivity contribution in [1.82, 2.24) is 0 Å². The highest BCUT2D eigenvalue weighted by molar-refractivity contribution is 6.32. The predicted octanol–water partition coefficient (Wildman–Crippen LogP) is 5.82. The second kappa shape index (κ2) is 8.73. The molecule has 0 aliphatic rings. The molecule has 0 bridgehead atoms. The first-order chi connectivity index (χ1) is 13.1. The standard InChI is InChI=1S/C21H18ClF2NO2/c1-26-20-11-14(12-25-17-8-6-16(23)7-9-17)10-18(22)21(20)27-13-15-4-2-3-5-19(15)24/h2-11,25H,12-13H2,1H3. The minimum atomic E-state index is -0.340. The maximum Gasteiger partial charge on any atom is 0.180 e. The molecule has 0 unspecified atom stereocenters. The zero-order valence-corrected chi connectivity index (χ0v) is 15.4. The molecular formula is C21H18ClF2NO2. The minimum absolute atomic E-state index is 0.0376. The van der Waals surface area contributed by atoms with Gasteiger partial charge in [-0.15, -0.1) is 0 Å². The van der Waals surface area contributed by atoms with Gasteiger partial charge in [0, 0.05) is 17.8 Å². The molecular weight excluding hydrogens is 372 g/mol. The molecule has 0 saturated heterocycles. The van der Waals surface area contributed by atoms with E-state index in [0.717, 1.165) is 11.3 Å². The van der Waals surface area contributed by atoms with Crippen LogP contribution in [0.5, 0.6) is 11.5 Å². The third kappa shape index (κ3) is 4.89. The molecule has 0 heterocycles. The van der Waals surface area contributed by atoms with Gasteiger partial charge < -0.3 is 14.8 Å². The van der Waals surface area contributed by atoms with E-state index in [0.29, 0.717) is 28.6 Å². The number of halogens is 3. The molecule has 140 valence electrons. The summed E-state index contributed by atoms with van der Waals surface area (Å²) in [5, 5.41) is 3.54. The summed E-state index contributed by atoms with van der Waals surface area (Å²) >= 11 is 6.35. The number of hydrogen-bond donors (Lipinski definition) is 1. The van der Waals surface area contributed by atoms with Crippen LogP contribution in [0.15, 0.2) is 60.7 Å². The van der Waals surface area contributed by atoms with Crippen LogP contribution in [0.25, 0.3) is 0 Å². The van der Waals surface area contributed by atoms with E-state index < -0.39 is 0 Å². The first-order valence-electron chi connectivity index (χ1n) is 8.29. The Labute approximate surface area is 161 Å². The maximum absolute atomic E-state index is 13.8. The Kier molecular flexibility index (Phi) is 6.14. The van der Waals surface area contributed by atoms with Gasteiger partial charge in [0.05, 0.1) is 12.1 Å². The third-order valence-electron chi connectivity index (χ3n) is 3.96. The molecule has 0 atom stereocenters. The number of rotatable bonds is 7. The normalized spacial score (nSPS) is 10.5. The largest absolute Gasteiger partial charge is 0.493 e. The van der Waals surface area contributed by atoms with Crippen molar-refractivity contribution in [2.45, 2.75) is 13.2 Å². The topological polar surface area (TPSA) is 30.5 Å². The second-order valence-corrected chi connectivity index (χ2v) is 6.26. The summed E-state index contributed by atoms with van der Waals surface area (Å²) in [6.45, 7) is 0.505. The fourth-order valence-electron chi connectivity index (χ4n) is 2.55. The SMILES string of the molecule is COc1cc(CNc2ccc(F)cc2)cc(Cl)c1OCc1ccccc1F. The maximum atomic E-state index is 13.8. The second-order valence-electron chi connectivity index (χ2n) is 5.85. The van der Waals surface area contributed by atoms with Gasteiger partial charge in [0.2, 0.25) is 0 Å². The van der Waals surface area contributed by atoms with Crippen molar-refractivity contribution in [3.8, 4) is 11.5 Å². The molecule has 0 radical (unpaired) electrons. The lowest BCUT2D eigenvalue weighted by molar-refractivity contribution is 0.280. The third-order valence-corrected chi connectivity index (χ3v) is 4.24. The van der Waals surface area contributed by atoms with Crippen molar-refractivity contribution in [3.63, 3.8) is 0 Å². The van der Waals surface area contributed by atoms with Crippen molar-refractivity contribution in [2.24, 2.45) is 0 Å². The fraction of sp³-hybridized carbons (Fsp3) is 0.143. The van der Waals surface area contributed by atoms with Crippen molar-refractivity contribution >= 4 is 17.3 Å². The summed E-state index contributed by atoms with van der Waals surface area (Å²) in [7, 11) is 1.51. The zero-order valence-electron chi connectivity index (χ0n) is 14.6. The Bertz CT molecular complexity index is 917. The van der Waals surface area contributed by atoms with Gasteiger partial charge in [0.15, 0.2) is 11.5 Å². The van der Waals surface area contributed by atoms with Crippen LogP contribution >= 0.6 is 11.6 Å². The Balaban J connectivity index is 1.72. The van der Waals surface area contributed by atoms with E-state index in [-0.39, 0.29) is 18.2 Å². The zero-order chi connectivity index (χ0) is 19.2. The molecule has 3 nitrogen and oxygen atoms in total. The van der Waals surface area contributed by atoms with Crippen LogP contribution in [0, 0.1) is 11.6 Å². The molecule has 0 amide bonds. The van der Waals surface area contributed by atoms with Gasteiger partial charge in [-0.05, 0) is 48.0 Å². The highest BCUT2D eigenvalue weighted by Crippen LogP contribution is 2.37. The van der Waals surface area contributed by atoms with E-state index in [2.05, 4.69) is 5.32 Å². The van der Waals surface area contributed by atoms with Crippen LogP contribution in [0.1, 0.15) is 11.1 Å². The van der Waals surface area contributed by atoms with E-state index >= 15 is 0 Å². The first-order valence-corrected chi connectivity index (χ1v) is 8.66. The van der Waals surface area contributed by atoms with Crippen LogP contribution in [0.3, 0.4) is 0 Å². The minimum Gasteiger partial charge on any atom is -0.493 e. The lowest BCUT2D eigenvalue weighted by Gasteiger charge is -2.15. The Morgan fingerprint density at radius 1 is 1.00 bits per heavy atom. The van der Waals surface area contributed by atoms with Gasteiger partial charge >= 0.3 is 0 Å². The molecule has 3 aromatic rings. The summed E-state index contributed by atoms with van der Waals surface area (Å²) in [5.41, 5.74) is 2.07. The van der Waals surface area contributed by atoms with E-state index in [1.54, 1.807) is 42.5 Å². The van der Waals surface area contributed by atoms with Gasteiger partial charge in [0.1, 0.15) is 18.2 Å². The monoisotopic (exact) mass is 389 g/mol. The average molecular weight is 390 g/mol. The van der Waals surface area contributed by atoms with Crippen molar-refractivity contribution in [2.75, 3.05) is 12.4 Å². The number of hydrogen-bond acceptors (Lipinski definition) is 3. The number of anilines is 1. The van der Waals surface area contributed by atoms with Crippen LogP contribution in [0.2, 0.25) is 5.02 Å².